The Bertz CT molecular complexity index is 1340. The molecule has 3 aromatic rings. The summed E-state index contributed by atoms with van der Waals surface area (Å²) in [5.41, 5.74) is -0.274. The summed E-state index contributed by atoms with van der Waals surface area (Å²) in [7, 11) is -3.89. The minimum absolute atomic E-state index is 0.0822. The smallest absolute Gasteiger partial charge is 0.350 e. The van der Waals surface area contributed by atoms with E-state index < -0.39 is 33.2 Å². The summed E-state index contributed by atoms with van der Waals surface area (Å²) in [6.45, 7) is 1.91. The summed E-state index contributed by atoms with van der Waals surface area (Å²) in [6, 6.07) is 10.9. The molecular weight excluding hydrogens is 523 g/mol. The molecule has 0 bridgehead atoms. The fraction of sp³-hybridized carbons (Fsp3) is 0.304. The van der Waals surface area contributed by atoms with Gasteiger partial charge < -0.3 is 5.32 Å². The van der Waals surface area contributed by atoms with E-state index in [1.807, 2.05) is 0 Å². The molecule has 1 aromatic carbocycles. The lowest BCUT2D eigenvalue weighted by atomic mass is 10.1. The van der Waals surface area contributed by atoms with E-state index >= 15 is 0 Å². The lowest BCUT2D eigenvalue weighted by molar-refractivity contribution is -0.137. The summed E-state index contributed by atoms with van der Waals surface area (Å²) in [6.07, 6.45) is -2.12. The highest BCUT2D eigenvalue weighted by atomic mass is 35.5. The van der Waals surface area contributed by atoms with E-state index in [1.165, 1.54) is 34.8 Å². The molecule has 6 nitrogen and oxygen atoms in total. The van der Waals surface area contributed by atoms with Crippen LogP contribution in [0.1, 0.15) is 30.9 Å². The predicted octanol–water partition coefficient (Wildman–Crippen LogP) is 5.34. The van der Waals surface area contributed by atoms with Crippen molar-refractivity contribution in [1.29, 1.82) is 0 Å². The monoisotopic (exact) mass is 543 g/mol. The highest BCUT2D eigenvalue weighted by Gasteiger charge is 2.58. The third kappa shape index (κ3) is 5.23. The molecule has 0 atom stereocenters. The average molecular weight is 544 g/mol. The van der Waals surface area contributed by atoms with Crippen molar-refractivity contribution in [1.82, 2.24) is 14.6 Å². The highest BCUT2D eigenvalue weighted by molar-refractivity contribution is 7.91. The number of carbonyl (C=O) groups excluding carboxylic acids is 1. The fourth-order valence-electron chi connectivity index (χ4n) is 3.87. The molecule has 0 radical (unpaired) electrons. The van der Waals surface area contributed by atoms with Crippen molar-refractivity contribution in [3.8, 4) is 11.3 Å². The maximum absolute atomic E-state index is 13.1. The van der Waals surface area contributed by atoms with Gasteiger partial charge in [0.2, 0.25) is 5.91 Å². The molecule has 0 spiro atoms. The molecule has 0 saturated heterocycles. The van der Waals surface area contributed by atoms with Gasteiger partial charge in [0.05, 0.1) is 15.6 Å². The van der Waals surface area contributed by atoms with Crippen LogP contribution in [0.3, 0.4) is 0 Å². The molecule has 4 rings (SSSR count). The standard InChI is InChI=1S/C23H21ClF3N3O3S2/c1-2-30(35(32,33)20-8-7-19(24)34-20)22(10-11-22)21(31)29-14-15-9-12-28-18(13-15)16-3-5-17(6-4-16)23(25,26)27/h3-9,12-13H,2,10-11,14H2,1H3,(H,29,31). The fourth-order valence-corrected chi connectivity index (χ4v) is 7.27. The zero-order valence-corrected chi connectivity index (χ0v) is 20.9. The van der Waals surface area contributed by atoms with E-state index in [-0.39, 0.29) is 17.3 Å². The van der Waals surface area contributed by atoms with Crippen molar-refractivity contribution in [3.63, 3.8) is 0 Å². The number of hydrogen-bond donors (Lipinski definition) is 1. The Balaban J connectivity index is 1.48. The van der Waals surface area contributed by atoms with Gasteiger partial charge >= 0.3 is 6.18 Å². The third-order valence-corrected chi connectivity index (χ3v) is 9.53. The normalized spacial score (nSPS) is 15.3. The van der Waals surface area contributed by atoms with Crippen molar-refractivity contribution in [3.05, 3.63) is 70.2 Å². The van der Waals surface area contributed by atoms with Crippen LogP contribution in [0, 0.1) is 0 Å². The highest BCUT2D eigenvalue weighted by Crippen LogP contribution is 2.45. The van der Waals surface area contributed by atoms with Crippen LogP contribution >= 0.6 is 22.9 Å². The Morgan fingerprint density at radius 2 is 1.86 bits per heavy atom. The largest absolute Gasteiger partial charge is 0.416 e. The minimum Gasteiger partial charge on any atom is -0.350 e. The summed E-state index contributed by atoms with van der Waals surface area (Å²) >= 11 is 6.85. The van der Waals surface area contributed by atoms with Crippen LogP contribution in [-0.4, -0.2) is 35.7 Å². The average Bonchev–Trinajstić information content (AvgIpc) is 3.49. The molecular formula is C23H21ClF3N3O3S2. The summed E-state index contributed by atoms with van der Waals surface area (Å²) < 4.78 is 66.4. The number of nitrogens with one attached hydrogen (secondary N) is 1. The first-order valence-corrected chi connectivity index (χ1v) is 13.3. The van der Waals surface area contributed by atoms with Gasteiger partial charge in [0.1, 0.15) is 9.75 Å². The van der Waals surface area contributed by atoms with E-state index in [9.17, 15) is 26.4 Å². The number of amides is 1. The van der Waals surface area contributed by atoms with Gasteiger partial charge in [0.15, 0.2) is 0 Å². The molecule has 186 valence electrons. The molecule has 1 amide bonds. The molecule has 1 N–H and O–H groups in total. The van der Waals surface area contributed by atoms with E-state index in [0.29, 0.717) is 34.0 Å². The number of benzene rings is 1. The van der Waals surface area contributed by atoms with Crippen molar-refractivity contribution >= 4 is 38.9 Å². The maximum atomic E-state index is 13.1. The molecule has 0 aliphatic heterocycles. The molecule has 12 heteroatoms. The SMILES string of the molecule is CCN(C1(C(=O)NCc2ccnc(-c3ccc(C(F)(F)F)cc3)c2)CC1)S(=O)(=O)c1ccc(Cl)s1. The number of hydrogen-bond acceptors (Lipinski definition) is 5. The second kappa shape index (κ2) is 9.53. The van der Waals surface area contributed by atoms with Crippen molar-refractivity contribution in [2.75, 3.05) is 6.54 Å². The lowest BCUT2D eigenvalue weighted by Crippen LogP contribution is -2.51. The maximum Gasteiger partial charge on any atom is 0.416 e. The van der Waals surface area contributed by atoms with Crippen LogP contribution in [0.15, 0.2) is 58.9 Å². The first-order chi connectivity index (χ1) is 16.5. The molecule has 1 aliphatic rings. The lowest BCUT2D eigenvalue weighted by Gasteiger charge is -2.28. The number of thiophene rings is 1. The topological polar surface area (TPSA) is 79.4 Å². The van der Waals surface area contributed by atoms with E-state index in [1.54, 1.807) is 19.1 Å². The summed E-state index contributed by atoms with van der Waals surface area (Å²) in [4.78, 5) is 17.3. The Morgan fingerprint density at radius 1 is 1.17 bits per heavy atom. The van der Waals surface area contributed by atoms with Gasteiger partial charge in [-0.25, -0.2) is 8.42 Å². The van der Waals surface area contributed by atoms with Gasteiger partial charge in [-0.05, 0) is 54.8 Å². The Hall–Kier alpha value is -2.47. The number of alkyl halides is 3. The molecule has 0 unspecified atom stereocenters. The zero-order chi connectivity index (χ0) is 25.4. The molecule has 1 fully saturated rings. The number of aromatic nitrogens is 1. The Kier molecular flexibility index (Phi) is 6.98. The number of rotatable bonds is 8. The van der Waals surface area contributed by atoms with Crippen LogP contribution in [0.4, 0.5) is 13.2 Å². The van der Waals surface area contributed by atoms with Gasteiger partial charge in [-0.1, -0.05) is 30.7 Å². The summed E-state index contributed by atoms with van der Waals surface area (Å²) in [5.74, 6) is -0.404. The van der Waals surface area contributed by atoms with E-state index in [4.69, 9.17) is 11.6 Å². The van der Waals surface area contributed by atoms with Gasteiger partial charge in [-0.2, -0.15) is 17.5 Å². The minimum atomic E-state index is -4.42. The second-order valence-corrected chi connectivity index (χ2v) is 11.9. The van der Waals surface area contributed by atoms with Crippen LogP contribution in [0.5, 0.6) is 0 Å². The van der Waals surface area contributed by atoms with Gasteiger partial charge in [-0.15, -0.1) is 11.3 Å². The zero-order valence-electron chi connectivity index (χ0n) is 18.5. The molecule has 2 heterocycles. The second-order valence-electron chi connectivity index (χ2n) is 8.07. The van der Waals surface area contributed by atoms with Crippen LogP contribution in [0.2, 0.25) is 4.34 Å². The van der Waals surface area contributed by atoms with Gasteiger partial charge in [0, 0.05) is 24.8 Å². The first kappa shape index (κ1) is 25.6. The predicted molar refractivity (Wildman–Crippen MR) is 127 cm³/mol. The molecule has 1 aliphatic carbocycles. The summed E-state index contributed by atoms with van der Waals surface area (Å²) in [5, 5.41) is 2.81. The van der Waals surface area contributed by atoms with Crippen LogP contribution in [0.25, 0.3) is 11.3 Å². The number of pyridine rings is 1. The Labute approximate surface area is 209 Å². The third-order valence-electron chi connectivity index (χ3n) is 5.79. The quantitative estimate of drug-likeness (QED) is 0.416. The Morgan fingerprint density at radius 3 is 2.40 bits per heavy atom. The number of halogens is 4. The van der Waals surface area contributed by atoms with Gasteiger partial charge in [-0.3, -0.25) is 9.78 Å². The number of carbonyl (C=O) groups is 1. The number of likely N-dealkylation sites (N-methyl/N-ethyl adjacent to an activating group) is 1. The van der Waals surface area contributed by atoms with Crippen molar-refractivity contribution in [2.45, 2.75) is 42.2 Å². The van der Waals surface area contributed by atoms with Crippen molar-refractivity contribution < 1.29 is 26.4 Å². The number of sulfonamides is 1. The van der Waals surface area contributed by atoms with E-state index in [0.717, 1.165) is 23.5 Å². The van der Waals surface area contributed by atoms with E-state index in [2.05, 4.69) is 10.3 Å². The van der Waals surface area contributed by atoms with Crippen molar-refractivity contribution in [2.24, 2.45) is 0 Å². The van der Waals surface area contributed by atoms with Crippen LogP contribution < -0.4 is 5.32 Å². The number of nitrogens with zero attached hydrogens (tertiary/aromatic N) is 2. The molecule has 35 heavy (non-hydrogen) atoms. The van der Waals surface area contributed by atoms with Gasteiger partial charge in [0.25, 0.3) is 10.0 Å². The van der Waals surface area contributed by atoms with Crippen LogP contribution in [-0.2, 0) is 27.5 Å². The molecule has 1 saturated carbocycles. The first-order valence-electron chi connectivity index (χ1n) is 10.7. The molecule has 2 aromatic heterocycles.